The first-order valence-corrected chi connectivity index (χ1v) is 9.59. The number of esters is 3. The van der Waals surface area contributed by atoms with Gasteiger partial charge in [0, 0.05) is 12.6 Å². The van der Waals surface area contributed by atoms with Crippen molar-refractivity contribution in [2.24, 2.45) is 11.8 Å². The summed E-state index contributed by atoms with van der Waals surface area (Å²) in [5.41, 5.74) is 0.775. The molecule has 0 radical (unpaired) electrons. The summed E-state index contributed by atoms with van der Waals surface area (Å²) in [6.45, 7) is 7.86. The van der Waals surface area contributed by atoms with E-state index < -0.39 is 29.7 Å². The molecule has 1 N–H and O–H groups in total. The second-order valence-electron chi connectivity index (χ2n) is 7.64. The summed E-state index contributed by atoms with van der Waals surface area (Å²) in [6.07, 6.45) is 3.30. The first kappa shape index (κ1) is 20.5. The van der Waals surface area contributed by atoms with Gasteiger partial charge in [-0.3, -0.25) is 19.3 Å². The fraction of sp³-hybridized carbons (Fsp3) is 0.650. The van der Waals surface area contributed by atoms with Crippen LogP contribution >= 0.6 is 0 Å². The number of ether oxygens (including phenoxy) is 3. The summed E-state index contributed by atoms with van der Waals surface area (Å²) in [5, 5.41) is 10.6. The summed E-state index contributed by atoms with van der Waals surface area (Å²) in [6, 6.07) is -0.212. The Bertz CT molecular complexity index is 743. The minimum Gasteiger partial charge on any atom is -0.455 e. The Kier molecular flexibility index (Phi) is 5.63. The first-order chi connectivity index (χ1) is 13.2. The van der Waals surface area contributed by atoms with E-state index in [2.05, 4.69) is 4.90 Å². The van der Waals surface area contributed by atoms with E-state index in [1.807, 2.05) is 6.08 Å². The van der Waals surface area contributed by atoms with Crippen LogP contribution in [0.5, 0.6) is 0 Å². The number of carbonyl (C=O) groups is 3. The van der Waals surface area contributed by atoms with Gasteiger partial charge in [0.25, 0.3) is 5.79 Å². The highest BCUT2D eigenvalue weighted by molar-refractivity contribution is 5.80. The number of hydrogen-bond donors (Lipinski definition) is 1. The van der Waals surface area contributed by atoms with Crippen molar-refractivity contribution in [1.82, 2.24) is 4.90 Å². The molecule has 5 atom stereocenters. The molecule has 2 fully saturated rings. The molecular formula is C20H27NO7. The summed E-state index contributed by atoms with van der Waals surface area (Å²) >= 11 is 0. The second-order valence-corrected chi connectivity index (χ2v) is 7.64. The summed E-state index contributed by atoms with van der Waals surface area (Å²) < 4.78 is 15.6. The number of fused-ring (bicyclic) bond motifs is 1. The van der Waals surface area contributed by atoms with Crippen LogP contribution in [0.15, 0.2) is 23.5 Å². The molecule has 0 amide bonds. The molecule has 28 heavy (non-hydrogen) atoms. The lowest BCUT2D eigenvalue weighted by Crippen LogP contribution is -2.46. The zero-order valence-corrected chi connectivity index (χ0v) is 16.6. The third-order valence-corrected chi connectivity index (χ3v) is 5.92. The van der Waals surface area contributed by atoms with Crippen LogP contribution in [0.1, 0.15) is 40.5 Å². The van der Waals surface area contributed by atoms with Crippen molar-refractivity contribution in [2.75, 3.05) is 13.1 Å². The SMILES string of the molecule is CC=C(C)OC(=O)C1CCN2CC=C(CC(=O)OC3(O)C(C)OC(=O)C3C)C12. The monoisotopic (exact) mass is 393 g/mol. The van der Waals surface area contributed by atoms with E-state index in [0.717, 1.165) is 12.1 Å². The fourth-order valence-corrected chi connectivity index (χ4v) is 4.06. The maximum Gasteiger partial charge on any atom is 0.316 e. The average Bonchev–Trinajstić information content (AvgIpc) is 3.27. The second kappa shape index (κ2) is 7.67. The summed E-state index contributed by atoms with van der Waals surface area (Å²) in [4.78, 5) is 38.8. The van der Waals surface area contributed by atoms with Crippen LogP contribution < -0.4 is 0 Å². The van der Waals surface area contributed by atoms with Gasteiger partial charge in [0.1, 0.15) is 11.7 Å². The van der Waals surface area contributed by atoms with E-state index in [1.165, 1.54) is 13.8 Å². The van der Waals surface area contributed by atoms with Crippen molar-refractivity contribution in [2.45, 2.75) is 58.5 Å². The van der Waals surface area contributed by atoms with Crippen molar-refractivity contribution in [3.05, 3.63) is 23.5 Å². The molecule has 0 aromatic rings. The van der Waals surface area contributed by atoms with Crippen molar-refractivity contribution in [3.63, 3.8) is 0 Å². The van der Waals surface area contributed by atoms with Gasteiger partial charge in [-0.15, -0.1) is 0 Å². The molecule has 8 nitrogen and oxygen atoms in total. The van der Waals surface area contributed by atoms with Gasteiger partial charge in [-0.2, -0.15) is 0 Å². The van der Waals surface area contributed by atoms with Gasteiger partial charge in [-0.1, -0.05) is 6.08 Å². The highest BCUT2D eigenvalue weighted by atomic mass is 16.7. The Morgan fingerprint density at radius 2 is 2.14 bits per heavy atom. The van der Waals surface area contributed by atoms with Crippen molar-refractivity contribution >= 4 is 17.9 Å². The topological polar surface area (TPSA) is 102 Å². The van der Waals surface area contributed by atoms with Crippen LogP contribution in [0.3, 0.4) is 0 Å². The molecule has 0 spiro atoms. The first-order valence-electron chi connectivity index (χ1n) is 9.59. The Balaban J connectivity index is 1.66. The minimum absolute atomic E-state index is 0.0660. The van der Waals surface area contributed by atoms with E-state index in [-0.39, 0.29) is 24.3 Å². The lowest BCUT2D eigenvalue weighted by Gasteiger charge is -2.28. The van der Waals surface area contributed by atoms with Crippen LogP contribution in [-0.2, 0) is 28.6 Å². The number of allylic oxidation sites excluding steroid dienone is 2. The fourth-order valence-electron chi connectivity index (χ4n) is 4.06. The molecule has 0 aliphatic carbocycles. The smallest absolute Gasteiger partial charge is 0.316 e. The number of rotatable bonds is 5. The molecule has 0 saturated carbocycles. The normalized spacial score (nSPS) is 35.4. The third kappa shape index (κ3) is 3.58. The van der Waals surface area contributed by atoms with E-state index in [9.17, 15) is 19.5 Å². The molecule has 3 heterocycles. The van der Waals surface area contributed by atoms with Gasteiger partial charge in [-0.05, 0) is 52.3 Å². The van der Waals surface area contributed by atoms with Gasteiger partial charge >= 0.3 is 17.9 Å². The predicted octanol–water partition coefficient (Wildman–Crippen LogP) is 1.29. The Hall–Kier alpha value is -2.19. The van der Waals surface area contributed by atoms with E-state index in [0.29, 0.717) is 18.7 Å². The highest BCUT2D eigenvalue weighted by Gasteiger charge is 2.56. The Morgan fingerprint density at radius 3 is 2.75 bits per heavy atom. The van der Waals surface area contributed by atoms with Crippen LogP contribution in [0.2, 0.25) is 0 Å². The van der Waals surface area contributed by atoms with Crippen LogP contribution in [0.25, 0.3) is 0 Å². The van der Waals surface area contributed by atoms with Crippen molar-refractivity contribution in [1.29, 1.82) is 0 Å². The summed E-state index contributed by atoms with van der Waals surface area (Å²) in [5.74, 6) is -4.32. The van der Waals surface area contributed by atoms with Gasteiger partial charge in [0.15, 0.2) is 6.10 Å². The standard InChI is InChI=1S/C20H27NO7/c1-5-11(2)26-19(24)15-7-9-21-8-6-14(17(15)21)10-16(22)28-20(25)12(3)18(23)27-13(20)4/h5-6,12-13,15,17,25H,7-10H2,1-4H3. The molecule has 8 heteroatoms. The number of hydrogen-bond acceptors (Lipinski definition) is 8. The highest BCUT2D eigenvalue weighted by Crippen LogP contribution is 2.38. The van der Waals surface area contributed by atoms with Crippen LogP contribution in [0.4, 0.5) is 0 Å². The van der Waals surface area contributed by atoms with Gasteiger partial charge in [-0.25, -0.2) is 0 Å². The maximum absolute atomic E-state index is 12.5. The molecule has 3 rings (SSSR count). The molecule has 3 aliphatic rings. The lowest BCUT2D eigenvalue weighted by atomic mass is 9.93. The largest absolute Gasteiger partial charge is 0.455 e. The van der Waals surface area contributed by atoms with Crippen molar-refractivity contribution < 1.29 is 33.7 Å². The number of nitrogens with zero attached hydrogens (tertiary/aromatic N) is 1. The summed E-state index contributed by atoms with van der Waals surface area (Å²) in [7, 11) is 0. The minimum atomic E-state index is -1.98. The molecule has 0 aromatic carbocycles. The van der Waals surface area contributed by atoms with E-state index >= 15 is 0 Å². The predicted molar refractivity (Wildman–Crippen MR) is 97.5 cm³/mol. The number of aliphatic hydroxyl groups is 1. The Morgan fingerprint density at radius 1 is 1.43 bits per heavy atom. The average molecular weight is 393 g/mol. The zero-order chi connectivity index (χ0) is 20.6. The van der Waals surface area contributed by atoms with Crippen LogP contribution in [-0.4, -0.2) is 58.9 Å². The molecule has 2 saturated heterocycles. The molecular weight excluding hydrogens is 366 g/mol. The van der Waals surface area contributed by atoms with Crippen molar-refractivity contribution in [3.8, 4) is 0 Å². The molecule has 0 aromatic heterocycles. The van der Waals surface area contributed by atoms with E-state index in [4.69, 9.17) is 14.2 Å². The maximum atomic E-state index is 12.5. The molecule has 3 aliphatic heterocycles. The molecule has 5 unspecified atom stereocenters. The van der Waals surface area contributed by atoms with Crippen LogP contribution in [0, 0.1) is 11.8 Å². The molecule has 154 valence electrons. The third-order valence-electron chi connectivity index (χ3n) is 5.92. The van der Waals surface area contributed by atoms with Gasteiger partial charge < -0.3 is 19.3 Å². The quantitative estimate of drug-likeness (QED) is 0.245. The number of cyclic esters (lactones) is 1. The lowest BCUT2D eigenvalue weighted by molar-refractivity contribution is -0.235. The molecule has 0 bridgehead atoms. The Labute approximate surface area is 164 Å². The number of carbonyl (C=O) groups excluding carboxylic acids is 3. The van der Waals surface area contributed by atoms with E-state index in [1.54, 1.807) is 19.9 Å². The van der Waals surface area contributed by atoms with Gasteiger partial charge in [0.2, 0.25) is 0 Å². The zero-order valence-electron chi connectivity index (χ0n) is 16.6. The van der Waals surface area contributed by atoms with Gasteiger partial charge in [0.05, 0.1) is 12.3 Å².